The van der Waals surface area contributed by atoms with Gasteiger partial charge in [-0.05, 0) is 37.1 Å². The minimum atomic E-state index is -0.303. The number of hydrogen-bond acceptors (Lipinski definition) is 3. The summed E-state index contributed by atoms with van der Waals surface area (Å²) in [7, 11) is 0. The van der Waals surface area contributed by atoms with Crippen molar-refractivity contribution >= 4 is 0 Å². The molecule has 3 nitrogen and oxygen atoms in total. The minimum Gasteiger partial charge on any atom is -0.464 e. The van der Waals surface area contributed by atoms with E-state index in [1.807, 2.05) is 6.07 Å². The van der Waals surface area contributed by atoms with Crippen molar-refractivity contribution in [2.24, 2.45) is 5.73 Å². The smallest absolute Gasteiger partial charge is 0.189 e. The number of rotatable bonds is 3. The highest BCUT2D eigenvalue weighted by molar-refractivity contribution is 5.39. The van der Waals surface area contributed by atoms with Crippen molar-refractivity contribution in [3.63, 3.8) is 0 Å². The number of nitrogens with two attached hydrogens (primary N) is 1. The predicted octanol–water partition coefficient (Wildman–Crippen LogP) is 1.58. The lowest BCUT2D eigenvalue weighted by molar-refractivity contribution is -0.0190. The van der Waals surface area contributed by atoms with E-state index in [2.05, 4.69) is 0 Å². The number of ether oxygens (including phenoxy) is 2. The molecule has 1 aromatic carbocycles. The third kappa shape index (κ3) is 2.27. The molecule has 4 heteroatoms. The van der Waals surface area contributed by atoms with Gasteiger partial charge in [0.05, 0.1) is 6.61 Å². The Kier molecular flexibility index (Phi) is 3.18. The molecule has 0 fully saturated rings. The molecule has 82 valence electrons. The van der Waals surface area contributed by atoms with Crippen LogP contribution >= 0.6 is 0 Å². The molecule has 0 saturated carbocycles. The van der Waals surface area contributed by atoms with Crippen LogP contribution in [0.25, 0.3) is 0 Å². The molecule has 1 aliphatic rings. The highest BCUT2D eigenvalue weighted by Crippen LogP contribution is 2.28. The Morgan fingerprint density at radius 3 is 3.07 bits per heavy atom. The average molecular weight is 211 g/mol. The molecular weight excluding hydrogens is 197 g/mol. The van der Waals surface area contributed by atoms with Gasteiger partial charge in [-0.1, -0.05) is 0 Å². The summed E-state index contributed by atoms with van der Waals surface area (Å²) < 4.78 is 23.7. The number of hydrogen-bond donors (Lipinski definition) is 1. The highest BCUT2D eigenvalue weighted by Gasteiger charge is 2.16. The van der Waals surface area contributed by atoms with Crippen molar-refractivity contribution in [1.82, 2.24) is 0 Å². The van der Waals surface area contributed by atoms with Crippen LogP contribution in [-0.2, 0) is 17.8 Å². The molecule has 15 heavy (non-hydrogen) atoms. The standard InChI is InChI=1S/C11H14FNO2/c12-10-5-8(2-1-3-13)4-9-6-14-7-15-11(9)10/h4-5H,1-3,6-7,13H2. The molecule has 0 amide bonds. The largest absolute Gasteiger partial charge is 0.464 e. The molecule has 0 spiro atoms. The van der Waals surface area contributed by atoms with Crippen LogP contribution < -0.4 is 10.5 Å². The van der Waals surface area contributed by atoms with Gasteiger partial charge < -0.3 is 15.2 Å². The molecule has 1 aromatic rings. The Bertz CT molecular complexity index is 355. The number of halogens is 1. The fraction of sp³-hybridized carbons (Fsp3) is 0.455. The van der Waals surface area contributed by atoms with Crippen LogP contribution in [0.5, 0.6) is 5.75 Å². The van der Waals surface area contributed by atoms with Crippen LogP contribution in [0.1, 0.15) is 17.5 Å². The summed E-state index contributed by atoms with van der Waals surface area (Å²) in [6.07, 6.45) is 1.65. The Balaban J connectivity index is 2.24. The zero-order chi connectivity index (χ0) is 10.7. The van der Waals surface area contributed by atoms with Gasteiger partial charge in [-0.25, -0.2) is 4.39 Å². The molecule has 0 atom stereocenters. The van der Waals surface area contributed by atoms with E-state index >= 15 is 0 Å². The zero-order valence-corrected chi connectivity index (χ0v) is 8.46. The van der Waals surface area contributed by atoms with Crippen molar-refractivity contribution in [1.29, 1.82) is 0 Å². The number of fused-ring (bicyclic) bond motifs is 1. The predicted molar refractivity (Wildman–Crippen MR) is 54.1 cm³/mol. The molecular formula is C11H14FNO2. The lowest BCUT2D eigenvalue weighted by atomic mass is 10.0. The molecule has 0 unspecified atom stereocenters. The molecule has 1 aliphatic heterocycles. The second-order valence-electron chi connectivity index (χ2n) is 3.57. The van der Waals surface area contributed by atoms with Crippen molar-refractivity contribution in [3.8, 4) is 5.75 Å². The van der Waals surface area contributed by atoms with Gasteiger partial charge in [-0.2, -0.15) is 0 Å². The van der Waals surface area contributed by atoms with Crippen molar-refractivity contribution in [3.05, 3.63) is 29.1 Å². The minimum absolute atomic E-state index is 0.131. The van der Waals surface area contributed by atoms with Crippen LogP contribution in [0.2, 0.25) is 0 Å². The van der Waals surface area contributed by atoms with E-state index in [4.69, 9.17) is 15.2 Å². The van der Waals surface area contributed by atoms with E-state index in [9.17, 15) is 4.39 Å². The van der Waals surface area contributed by atoms with Crippen LogP contribution in [0.15, 0.2) is 12.1 Å². The summed E-state index contributed by atoms with van der Waals surface area (Å²) in [6.45, 7) is 1.17. The number of benzene rings is 1. The van der Waals surface area contributed by atoms with E-state index < -0.39 is 0 Å². The van der Waals surface area contributed by atoms with Gasteiger partial charge in [-0.15, -0.1) is 0 Å². The molecule has 0 bridgehead atoms. The second kappa shape index (κ2) is 4.59. The first kappa shape index (κ1) is 10.4. The van der Waals surface area contributed by atoms with E-state index in [0.717, 1.165) is 24.0 Å². The van der Waals surface area contributed by atoms with E-state index in [0.29, 0.717) is 18.9 Å². The summed E-state index contributed by atoms with van der Waals surface area (Å²) in [5.74, 6) is 0.0283. The molecule has 2 rings (SSSR count). The average Bonchev–Trinajstić information content (AvgIpc) is 2.26. The quantitative estimate of drug-likeness (QED) is 0.825. The Morgan fingerprint density at radius 1 is 1.40 bits per heavy atom. The SMILES string of the molecule is NCCCc1cc(F)c2c(c1)COCO2. The molecule has 0 saturated heterocycles. The third-order valence-electron chi connectivity index (χ3n) is 2.39. The van der Waals surface area contributed by atoms with Crippen molar-refractivity contribution < 1.29 is 13.9 Å². The topological polar surface area (TPSA) is 44.5 Å². The van der Waals surface area contributed by atoms with E-state index in [1.54, 1.807) is 0 Å². The fourth-order valence-electron chi connectivity index (χ4n) is 1.68. The van der Waals surface area contributed by atoms with Crippen molar-refractivity contribution in [2.45, 2.75) is 19.4 Å². The summed E-state index contributed by atoms with van der Waals surface area (Å²) in [4.78, 5) is 0. The zero-order valence-electron chi connectivity index (χ0n) is 8.46. The lowest BCUT2D eigenvalue weighted by Crippen LogP contribution is -2.13. The number of aryl methyl sites for hydroxylation is 1. The second-order valence-corrected chi connectivity index (χ2v) is 3.57. The summed E-state index contributed by atoms with van der Waals surface area (Å²) in [6, 6.07) is 3.44. The maximum Gasteiger partial charge on any atom is 0.189 e. The van der Waals surface area contributed by atoms with Crippen LogP contribution in [0.4, 0.5) is 4.39 Å². The van der Waals surface area contributed by atoms with Gasteiger partial charge in [0.15, 0.2) is 18.4 Å². The van der Waals surface area contributed by atoms with Crippen LogP contribution in [0.3, 0.4) is 0 Å². The Hall–Kier alpha value is -1.13. The van der Waals surface area contributed by atoms with Gasteiger partial charge in [0, 0.05) is 5.56 Å². The van der Waals surface area contributed by atoms with Crippen molar-refractivity contribution in [2.75, 3.05) is 13.3 Å². The first-order valence-corrected chi connectivity index (χ1v) is 5.03. The Morgan fingerprint density at radius 2 is 2.27 bits per heavy atom. The Labute approximate surface area is 88.0 Å². The molecule has 0 radical (unpaired) electrons. The normalized spacial score (nSPS) is 14.5. The van der Waals surface area contributed by atoms with Gasteiger partial charge in [0.25, 0.3) is 0 Å². The monoisotopic (exact) mass is 211 g/mol. The molecule has 0 aromatic heterocycles. The van der Waals surface area contributed by atoms with E-state index in [1.165, 1.54) is 6.07 Å². The van der Waals surface area contributed by atoms with Gasteiger partial charge in [-0.3, -0.25) is 0 Å². The third-order valence-corrected chi connectivity index (χ3v) is 2.39. The van der Waals surface area contributed by atoms with Crippen LogP contribution in [-0.4, -0.2) is 13.3 Å². The molecule has 2 N–H and O–H groups in total. The van der Waals surface area contributed by atoms with Gasteiger partial charge in [0.1, 0.15) is 0 Å². The van der Waals surface area contributed by atoms with Crippen LogP contribution in [0, 0.1) is 5.82 Å². The van der Waals surface area contributed by atoms with Gasteiger partial charge >= 0.3 is 0 Å². The molecule has 0 aliphatic carbocycles. The fourth-order valence-corrected chi connectivity index (χ4v) is 1.68. The summed E-state index contributed by atoms with van der Waals surface area (Å²) >= 11 is 0. The maximum atomic E-state index is 13.5. The maximum absolute atomic E-state index is 13.5. The molecule has 1 heterocycles. The summed E-state index contributed by atoms with van der Waals surface area (Å²) in [5.41, 5.74) is 7.14. The first-order chi connectivity index (χ1) is 7.31. The first-order valence-electron chi connectivity index (χ1n) is 5.03. The van der Waals surface area contributed by atoms with E-state index in [-0.39, 0.29) is 12.6 Å². The highest BCUT2D eigenvalue weighted by atomic mass is 19.1. The van der Waals surface area contributed by atoms with Gasteiger partial charge in [0.2, 0.25) is 0 Å². The summed E-state index contributed by atoms with van der Waals surface area (Å²) in [5, 5.41) is 0. The lowest BCUT2D eigenvalue weighted by Gasteiger charge is -2.19.